The molecular formula is C18H21N3O2S2. The van der Waals surface area contributed by atoms with E-state index in [0.29, 0.717) is 17.2 Å². The second-order valence-electron chi connectivity index (χ2n) is 5.24. The Morgan fingerprint density at radius 2 is 1.68 bits per heavy atom. The van der Waals surface area contributed by atoms with Crippen molar-refractivity contribution in [3.05, 3.63) is 65.2 Å². The first-order valence-corrected chi connectivity index (χ1v) is 9.47. The number of thiocarbonyl (C=S) groups is 1. The van der Waals surface area contributed by atoms with Crippen molar-refractivity contribution in [2.45, 2.75) is 12.3 Å². The van der Waals surface area contributed by atoms with Crippen LogP contribution in [0, 0.1) is 0 Å². The van der Waals surface area contributed by atoms with E-state index >= 15 is 0 Å². The number of carbonyl (C=O) groups is 1. The molecule has 1 amide bonds. The van der Waals surface area contributed by atoms with Gasteiger partial charge in [-0.2, -0.15) is 11.8 Å². The summed E-state index contributed by atoms with van der Waals surface area (Å²) < 4.78 is 5.12. The number of carbonyl (C=O) groups excluding carboxylic acids is 1. The summed E-state index contributed by atoms with van der Waals surface area (Å²) in [6, 6.07) is 15.2. The summed E-state index contributed by atoms with van der Waals surface area (Å²) in [5, 5.41) is 3.38. The number of benzene rings is 2. The third kappa shape index (κ3) is 6.28. The molecule has 0 heterocycles. The fourth-order valence-corrected chi connectivity index (χ4v) is 2.72. The van der Waals surface area contributed by atoms with Gasteiger partial charge in [0.15, 0.2) is 5.11 Å². The zero-order chi connectivity index (χ0) is 18.1. The van der Waals surface area contributed by atoms with Crippen molar-refractivity contribution in [1.82, 2.24) is 16.2 Å². The third-order valence-electron chi connectivity index (χ3n) is 3.43. The number of thioether (sulfide) groups is 1. The molecule has 2 aromatic rings. The lowest BCUT2D eigenvalue weighted by molar-refractivity contribution is 0.0943. The number of amides is 1. The monoisotopic (exact) mass is 375 g/mol. The zero-order valence-electron chi connectivity index (χ0n) is 14.2. The zero-order valence-corrected chi connectivity index (χ0v) is 15.8. The first-order valence-electron chi connectivity index (χ1n) is 7.67. The lowest BCUT2D eigenvalue weighted by atomic mass is 10.1. The van der Waals surface area contributed by atoms with Crippen LogP contribution in [0.15, 0.2) is 48.5 Å². The summed E-state index contributed by atoms with van der Waals surface area (Å²) >= 11 is 6.90. The molecule has 0 radical (unpaired) electrons. The lowest BCUT2D eigenvalue weighted by Gasteiger charge is -2.12. The Hall–Kier alpha value is -2.25. The quantitative estimate of drug-likeness (QED) is 0.533. The van der Waals surface area contributed by atoms with Crippen LogP contribution >= 0.6 is 24.0 Å². The molecule has 132 valence electrons. The number of nitrogens with one attached hydrogen (secondary N) is 3. The highest BCUT2D eigenvalue weighted by atomic mass is 32.2. The van der Waals surface area contributed by atoms with E-state index in [0.717, 1.165) is 17.1 Å². The van der Waals surface area contributed by atoms with Crippen molar-refractivity contribution in [2.75, 3.05) is 13.4 Å². The van der Waals surface area contributed by atoms with Crippen molar-refractivity contribution in [3.8, 4) is 5.75 Å². The minimum Gasteiger partial charge on any atom is -0.497 e. The maximum Gasteiger partial charge on any atom is 0.269 e. The van der Waals surface area contributed by atoms with E-state index in [1.165, 1.54) is 5.56 Å². The van der Waals surface area contributed by atoms with Gasteiger partial charge in [-0.3, -0.25) is 15.6 Å². The first-order chi connectivity index (χ1) is 12.1. The van der Waals surface area contributed by atoms with Crippen LogP contribution < -0.4 is 20.9 Å². The molecular weight excluding hydrogens is 354 g/mol. The second kappa shape index (κ2) is 9.90. The maximum absolute atomic E-state index is 12.1. The molecule has 0 saturated carbocycles. The SMILES string of the molecule is COc1ccc(CNC(=S)NNC(=O)c2ccc(CSC)cc2)cc1. The maximum atomic E-state index is 12.1. The molecule has 3 N–H and O–H groups in total. The largest absolute Gasteiger partial charge is 0.497 e. The Bertz CT molecular complexity index is 703. The van der Waals surface area contributed by atoms with Crippen LogP contribution in [-0.2, 0) is 12.3 Å². The lowest BCUT2D eigenvalue weighted by Crippen LogP contribution is -2.46. The minimum absolute atomic E-state index is 0.232. The highest BCUT2D eigenvalue weighted by Gasteiger charge is 2.05. The van der Waals surface area contributed by atoms with E-state index in [9.17, 15) is 4.79 Å². The summed E-state index contributed by atoms with van der Waals surface area (Å²) in [4.78, 5) is 12.1. The molecule has 0 unspecified atom stereocenters. The van der Waals surface area contributed by atoms with Crippen LogP contribution in [0.2, 0.25) is 0 Å². The van der Waals surface area contributed by atoms with Crippen molar-refractivity contribution in [1.29, 1.82) is 0 Å². The molecule has 0 aromatic heterocycles. The van der Waals surface area contributed by atoms with Crippen molar-refractivity contribution in [3.63, 3.8) is 0 Å². The molecule has 5 nitrogen and oxygen atoms in total. The Morgan fingerprint density at radius 1 is 1.04 bits per heavy atom. The smallest absolute Gasteiger partial charge is 0.269 e. The van der Waals surface area contributed by atoms with Gasteiger partial charge in [0.25, 0.3) is 5.91 Å². The molecule has 25 heavy (non-hydrogen) atoms. The molecule has 0 aliphatic heterocycles. The molecule has 7 heteroatoms. The molecule has 0 atom stereocenters. The summed E-state index contributed by atoms with van der Waals surface area (Å²) in [6.45, 7) is 0.551. The van der Waals surface area contributed by atoms with Crippen molar-refractivity contribution >= 4 is 35.0 Å². The normalized spacial score (nSPS) is 10.0. The molecule has 0 fully saturated rings. The number of hydrazine groups is 1. The second-order valence-corrected chi connectivity index (χ2v) is 6.51. The minimum atomic E-state index is -0.232. The Kier molecular flexibility index (Phi) is 7.56. The number of ether oxygens (including phenoxy) is 1. The van der Waals surface area contributed by atoms with E-state index < -0.39 is 0 Å². The molecule has 2 rings (SSSR count). The summed E-state index contributed by atoms with van der Waals surface area (Å²) in [6.07, 6.45) is 2.05. The topological polar surface area (TPSA) is 62.4 Å². The number of hydrogen-bond donors (Lipinski definition) is 3. The third-order valence-corrected chi connectivity index (χ3v) is 4.30. The van der Waals surface area contributed by atoms with Crippen LogP contribution in [0.25, 0.3) is 0 Å². The van der Waals surface area contributed by atoms with Gasteiger partial charge in [0.05, 0.1) is 7.11 Å². The predicted octanol–water partition coefficient (Wildman–Crippen LogP) is 2.87. The van der Waals surface area contributed by atoms with Crippen molar-refractivity contribution < 1.29 is 9.53 Å². The Labute approximate surface area is 157 Å². The standard InChI is InChI=1S/C18H21N3O2S2/c1-23-16-9-5-13(6-10-16)11-19-18(24)21-20-17(22)15-7-3-14(4-8-15)12-25-2/h3-10H,11-12H2,1-2H3,(H,20,22)(H2,19,21,24). The summed E-state index contributed by atoms with van der Waals surface area (Å²) in [5.41, 5.74) is 8.12. The van der Waals surface area contributed by atoms with Crippen LogP contribution in [0.4, 0.5) is 0 Å². The molecule has 2 aromatic carbocycles. The summed E-state index contributed by atoms with van der Waals surface area (Å²) in [7, 11) is 1.63. The van der Waals surface area contributed by atoms with E-state index in [4.69, 9.17) is 17.0 Å². The fourth-order valence-electron chi connectivity index (χ4n) is 2.07. The molecule has 0 saturated heterocycles. The Morgan fingerprint density at radius 3 is 2.28 bits per heavy atom. The number of methoxy groups -OCH3 is 1. The molecule has 0 bridgehead atoms. The van der Waals surface area contributed by atoms with E-state index in [1.807, 2.05) is 42.7 Å². The average Bonchev–Trinajstić information content (AvgIpc) is 2.65. The summed E-state index contributed by atoms with van der Waals surface area (Å²) in [5.74, 6) is 1.50. The van der Waals surface area contributed by atoms with Crippen LogP contribution in [0.1, 0.15) is 21.5 Å². The highest BCUT2D eigenvalue weighted by molar-refractivity contribution is 7.97. The van der Waals surface area contributed by atoms with Crippen LogP contribution in [0.3, 0.4) is 0 Å². The van der Waals surface area contributed by atoms with Crippen LogP contribution in [0.5, 0.6) is 5.75 Å². The van der Waals surface area contributed by atoms with Gasteiger partial charge in [0, 0.05) is 17.9 Å². The van der Waals surface area contributed by atoms with Gasteiger partial charge in [-0.05, 0) is 53.9 Å². The van der Waals surface area contributed by atoms with E-state index in [1.54, 1.807) is 31.0 Å². The predicted molar refractivity (Wildman–Crippen MR) is 107 cm³/mol. The van der Waals surface area contributed by atoms with Gasteiger partial charge in [-0.1, -0.05) is 24.3 Å². The van der Waals surface area contributed by atoms with Gasteiger partial charge < -0.3 is 10.1 Å². The van der Waals surface area contributed by atoms with Gasteiger partial charge in [0.2, 0.25) is 0 Å². The van der Waals surface area contributed by atoms with E-state index in [2.05, 4.69) is 16.2 Å². The molecule has 0 aliphatic carbocycles. The van der Waals surface area contributed by atoms with Gasteiger partial charge in [-0.25, -0.2) is 0 Å². The first kappa shape index (κ1) is 19.1. The van der Waals surface area contributed by atoms with Crippen molar-refractivity contribution in [2.24, 2.45) is 0 Å². The number of hydrogen-bond acceptors (Lipinski definition) is 4. The average molecular weight is 376 g/mol. The van der Waals surface area contributed by atoms with Gasteiger partial charge >= 0.3 is 0 Å². The van der Waals surface area contributed by atoms with E-state index in [-0.39, 0.29) is 5.91 Å². The fraction of sp³-hybridized carbons (Fsp3) is 0.222. The van der Waals surface area contributed by atoms with Crippen LogP contribution in [-0.4, -0.2) is 24.4 Å². The molecule has 0 aliphatic rings. The highest BCUT2D eigenvalue weighted by Crippen LogP contribution is 2.11. The van der Waals surface area contributed by atoms with Gasteiger partial charge in [-0.15, -0.1) is 0 Å². The van der Waals surface area contributed by atoms with Gasteiger partial charge in [0.1, 0.15) is 5.75 Å². The number of rotatable bonds is 6. The molecule has 0 spiro atoms. The Balaban J connectivity index is 1.75.